The summed E-state index contributed by atoms with van der Waals surface area (Å²) in [5, 5.41) is 0. The molecule has 1 unspecified atom stereocenters. The highest BCUT2D eigenvalue weighted by Gasteiger charge is 2.89. The van der Waals surface area contributed by atoms with Crippen molar-refractivity contribution in [2.24, 2.45) is 0 Å². The quantitative estimate of drug-likeness (QED) is 0.467. The standard InChI is InChI=1S/C7H2F10/c8-3(9)1-2-4(10,11)6(13,14)5(3,12)7(15,16)17/h1-2H. The van der Waals surface area contributed by atoms with E-state index in [0.29, 0.717) is 0 Å². The summed E-state index contributed by atoms with van der Waals surface area (Å²) < 4.78 is 124. The average molecular weight is 276 g/mol. The van der Waals surface area contributed by atoms with Gasteiger partial charge in [0, 0.05) is 0 Å². The summed E-state index contributed by atoms with van der Waals surface area (Å²) in [4.78, 5) is 0. The van der Waals surface area contributed by atoms with Gasteiger partial charge in [0.05, 0.1) is 0 Å². The van der Waals surface area contributed by atoms with E-state index in [-0.39, 0.29) is 0 Å². The molecule has 0 aliphatic heterocycles. The van der Waals surface area contributed by atoms with Crippen molar-refractivity contribution in [3.8, 4) is 0 Å². The predicted octanol–water partition coefficient (Wildman–Crippen LogP) is 3.73. The molecular weight excluding hydrogens is 274 g/mol. The summed E-state index contributed by atoms with van der Waals surface area (Å²) in [6.45, 7) is 0. The molecule has 17 heavy (non-hydrogen) atoms. The number of alkyl halides is 10. The molecule has 0 aromatic carbocycles. The summed E-state index contributed by atoms with van der Waals surface area (Å²) >= 11 is 0. The summed E-state index contributed by atoms with van der Waals surface area (Å²) in [5.41, 5.74) is -6.66. The van der Waals surface area contributed by atoms with Gasteiger partial charge in [-0.3, -0.25) is 0 Å². The molecular formula is C7H2F10. The third kappa shape index (κ3) is 1.45. The fourth-order valence-corrected chi connectivity index (χ4v) is 1.23. The molecule has 0 spiro atoms. The van der Waals surface area contributed by atoms with E-state index >= 15 is 0 Å². The summed E-state index contributed by atoms with van der Waals surface area (Å²) in [6.07, 6.45) is -9.22. The van der Waals surface area contributed by atoms with Crippen molar-refractivity contribution < 1.29 is 43.9 Å². The molecule has 0 amide bonds. The lowest BCUT2D eigenvalue weighted by Gasteiger charge is -2.43. The highest BCUT2D eigenvalue weighted by atomic mass is 19.4. The minimum atomic E-state index is -6.87. The summed E-state index contributed by atoms with van der Waals surface area (Å²) in [6, 6.07) is 0. The van der Waals surface area contributed by atoms with Crippen molar-refractivity contribution in [3.63, 3.8) is 0 Å². The van der Waals surface area contributed by atoms with E-state index in [9.17, 15) is 43.9 Å². The molecule has 0 nitrogen and oxygen atoms in total. The second kappa shape index (κ2) is 3.08. The lowest BCUT2D eigenvalue weighted by atomic mass is 9.81. The van der Waals surface area contributed by atoms with Crippen LogP contribution in [-0.2, 0) is 0 Å². The van der Waals surface area contributed by atoms with Crippen LogP contribution in [0.5, 0.6) is 0 Å². The molecule has 100 valence electrons. The van der Waals surface area contributed by atoms with E-state index in [0.717, 1.165) is 0 Å². The topological polar surface area (TPSA) is 0 Å². The Morgan fingerprint density at radius 2 is 1.00 bits per heavy atom. The molecule has 0 aromatic rings. The van der Waals surface area contributed by atoms with Crippen molar-refractivity contribution in [1.29, 1.82) is 0 Å². The van der Waals surface area contributed by atoms with Gasteiger partial charge in [0.25, 0.3) is 0 Å². The molecule has 10 heteroatoms. The Kier molecular flexibility index (Phi) is 2.55. The Morgan fingerprint density at radius 3 is 1.29 bits per heavy atom. The van der Waals surface area contributed by atoms with Gasteiger partial charge in [-0.25, -0.2) is 4.39 Å². The highest BCUT2D eigenvalue weighted by Crippen LogP contribution is 2.61. The first kappa shape index (κ1) is 14.1. The number of rotatable bonds is 0. The van der Waals surface area contributed by atoms with Gasteiger partial charge in [0.15, 0.2) is 0 Å². The molecule has 1 rings (SSSR count). The molecule has 0 heterocycles. The molecule has 0 N–H and O–H groups in total. The van der Waals surface area contributed by atoms with Gasteiger partial charge in [-0.2, -0.15) is 39.5 Å². The molecule has 0 saturated carbocycles. The third-order valence-electron chi connectivity index (χ3n) is 2.20. The molecule has 0 fully saturated rings. The van der Waals surface area contributed by atoms with Crippen LogP contribution in [0.4, 0.5) is 43.9 Å². The molecule has 1 atom stereocenters. The van der Waals surface area contributed by atoms with Crippen LogP contribution in [0.3, 0.4) is 0 Å². The zero-order chi connectivity index (χ0) is 13.9. The van der Waals surface area contributed by atoms with E-state index in [1.165, 1.54) is 0 Å². The Morgan fingerprint density at radius 1 is 0.647 bits per heavy atom. The Bertz CT molecular complexity index is 350. The fourth-order valence-electron chi connectivity index (χ4n) is 1.23. The van der Waals surface area contributed by atoms with E-state index in [1.54, 1.807) is 0 Å². The van der Waals surface area contributed by atoms with E-state index in [2.05, 4.69) is 0 Å². The van der Waals surface area contributed by atoms with E-state index < -0.39 is 41.8 Å². The first-order valence-corrected chi connectivity index (χ1v) is 3.80. The number of hydrogen-bond acceptors (Lipinski definition) is 0. The number of halogens is 10. The smallest absolute Gasteiger partial charge is 0.219 e. The van der Waals surface area contributed by atoms with E-state index in [1.807, 2.05) is 0 Å². The van der Waals surface area contributed by atoms with Gasteiger partial charge < -0.3 is 0 Å². The fraction of sp³-hybridized carbons (Fsp3) is 0.714. The Hall–Kier alpha value is -0.960. The molecule has 0 saturated heterocycles. The van der Waals surface area contributed by atoms with E-state index in [4.69, 9.17) is 0 Å². The SMILES string of the molecule is FC(F)(F)C1(F)C(F)(F)C=CC(F)(F)C1(F)F. The maximum atomic E-state index is 13.0. The van der Waals surface area contributed by atoms with Gasteiger partial charge >= 0.3 is 29.6 Å². The number of hydrogen-bond donors (Lipinski definition) is 0. The van der Waals surface area contributed by atoms with Crippen molar-refractivity contribution in [2.45, 2.75) is 29.6 Å². The molecule has 0 radical (unpaired) electrons. The molecule has 0 bridgehead atoms. The summed E-state index contributed by atoms with van der Waals surface area (Å²) in [5.74, 6) is -18.1. The first-order chi connectivity index (χ1) is 7.21. The van der Waals surface area contributed by atoms with Crippen LogP contribution in [0.15, 0.2) is 12.2 Å². The van der Waals surface area contributed by atoms with Gasteiger partial charge in [-0.05, 0) is 12.2 Å². The maximum absolute atomic E-state index is 13.0. The molecule has 0 aromatic heterocycles. The molecule has 1 aliphatic rings. The Labute approximate surface area is 86.9 Å². The van der Waals surface area contributed by atoms with Crippen LogP contribution in [-0.4, -0.2) is 29.6 Å². The largest absolute Gasteiger partial charge is 0.435 e. The monoisotopic (exact) mass is 276 g/mol. The van der Waals surface area contributed by atoms with Crippen molar-refractivity contribution in [2.75, 3.05) is 0 Å². The van der Waals surface area contributed by atoms with Crippen LogP contribution >= 0.6 is 0 Å². The average Bonchev–Trinajstić information content (AvgIpc) is 2.09. The highest BCUT2D eigenvalue weighted by molar-refractivity contribution is 5.28. The first-order valence-electron chi connectivity index (χ1n) is 3.80. The lowest BCUT2D eigenvalue weighted by molar-refractivity contribution is -0.392. The third-order valence-corrected chi connectivity index (χ3v) is 2.20. The van der Waals surface area contributed by atoms with Gasteiger partial charge in [0.2, 0.25) is 0 Å². The second-order valence-corrected chi connectivity index (χ2v) is 3.31. The van der Waals surface area contributed by atoms with Crippen molar-refractivity contribution >= 4 is 0 Å². The van der Waals surface area contributed by atoms with Crippen LogP contribution < -0.4 is 0 Å². The van der Waals surface area contributed by atoms with Gasteiger partial charge in [-0.1, -0.05) is 0 Å². The minimum Gasteiger partial charge on any atom is -0.219 e. The summed E-state index contributed by atoms with van der Waals surface area (Å²) in [7, 11) is 0. The predicted molar refractivity (Wildman–Crippen MR) is 33.9 cm³/mol. The minimum absolute atomic E-state index is 1.14. The van der Waals surface area contributed by atoms with Crippen LogP contribution in [0.1, 0.15) is 0 Å². The van der Waals surface area contributed by atoms with Crippen LogP contribution in [0, 0.1) is 0 Å². The normalized spacial score (nSPS) is 34.7. The van der Waals surface area contributed by atoms with Crippen molar-refractivity contribution in [3.05, 3.63) is 12.2 Å². The Balaban J connectivity index is 3.60. The van der Waals surface area contributed by atoms with Crippen LogP contribution in [0.2, 0.25) is 0 Å². The maximum Gasteiger partial charge on any atom is 0.435 e. The zero-order valence-electron chi connectivity index (χ0n) is 7.43. The van der Waals surface area contributed by atoms with Crippen LogP contribution in [0.25, 0.3) is 0 Å². The zero-order valence-corrected chi connectivity index (χ0v) is 7.43. The number of allylic oxidation sites excluding steroid dienone is 2. The van der Waals surface area contributed by atoms with Gasteiger partial charge in [-0.15, -0.1) is 0 Å². The lowest BCUT2D eigenvalue weighted by Crippen LogP contribution is -2.72. The van der Waals surface area contributed by atoms with Crippen molar-refractivity contribution in [1.82, 2.24) is 0 Å². The molecule has 1 aliphatic carbocycles. The van der Waals surface area contributed by atoms with Gasteiger partial charge in [0.1, 0.15) is 0 Å². The second-order valence-electron chi connectivity index (χ2n) is 3.31.